The van der Waals surface area contributed by atoms with Gasteiger partial charge in [0.2, 0.25) is 0 Å². The smallest absolute Gasteiger partial charge is 0.315 e. The van der Waals surface area contributed by atoms with E-state index in [1.54, 1.807) is 0 Å². The minimum absolute atomic E-state index is 0.0238. The van der Waals surface area contributed by atoms with Crippen LogP contribution < -0.4 is 24.8 Å². The van der Waals surface area contributed by atoms with Crippen molar-refractivity contribution in [1.29, 1.82) is 0 Å². The zero-order chi connectivity index (χ0) is 17.1. The summed E-state index contributed by atoms with van der Waals surface area (Å²) in [5.41, 5.74) is 1.18. The Kier molecular flexibility index (Phi) is 4.33. The molecule has 4 rings (SSSR count). The fourth-order valence-electron chi connectivity index (χ4n) is 3.01. The number of nitrogens with one attached hydrogen (secondary N) is 2. The van der Waals surface area contributed by atoms with Gasteiger partial charge < -0.3 is 24.8 Å². The van der Waals surface area contributed by atoms with Gasteiger partial charge in [0.25, 0.3) is 0 Å². The lowest BCUT2D eigenvalue weighted by Gasteiger charge is -2.26. The van der Waals surface area contributed by atoms with Gasteiger partial charge in [-0.25, -0.2) is 4.79 Å². The van der Waals surface area contributed by atoms with Crippen molar-refractivity contribution in [3.8, 4) is 17.2 Å². The second-order valence-corrected chi connectivity index (χ2v) is 6.14. The van der Waals surface area contributed by atoms with Crippen LogP contribution in [0, 0.1) is 0 Å². The molecule has 2 atom stereocenters. The third kappa shape index (κ3) is 3.63. The molecule has 0 radical (unpaired) electrons. The van der Waals surface area contributed by atoms with E-state index in [1.165, 1.54) is 5.56 Å². The van der Waals surface area contributed by atoms with E-state index in [0.29, 0.717) is 25.4 Å². The minimum atomic E-state index is -0.234. The molecule has 2 aliphatic rings. The number of fused-ring (bicyclic) bond motifs is 2. The molecule has 0 spiro atoms. The van der Waals surface area contributed by atoms with E-state index in [4.69, 9.17) is 14.2 Å². The summed E-state index contributed by atoms with van der Waals surface area (Å²) in [5.74, 6) is 2.35. The highest BCUT2D eigenvalue weighted by Crippen LogP contribution is 2.30. The second-order valence-electron chi connectivity index (χ2n) is 6.14. The van der Waals surface area contributed by atoms with Gasteiger partial charge in [0.1, 0.15) is 18.5 Å². The van der Waals surface area contributed by atoms with E-state index in [9.17, 15) is 4.79 Å². The summed E-state index contributed by atoms with van der Waals surface area (Å²) < 4.78 is 17.2. The van der Waals surface area contributed by atoms with Crippen molar-refractivity contribution in [2.45, 2.75) is 18.6 Å². The number of benzene rings is 2. The molecule has 0 aromatic heterocycles. The third-order valence-corrected chi connectivity index (χ3v) is 4.26. The van der Waals surface area contributed by atoms with Crippen molar-refractivity contribution in [2.75, 3.05) is 19.7 Å². The number of hydrogen-bond acceptors (Lipinski definition) is 4. The van der Waals surface area contributed by atoms with Crippen LogP contribution in [-0.2, 0) is 6.42 Å². The Morgan fingerprint density at radius 3 is 2.32 bits per heavy atom. The first-order valence-corrected chi connectivity index (χ1v) is 8.42. The van der Waals surface area contributed by atoms with Crippen molar-refractivity contribution < 1.29 is 19.0 Å². The van der Waals surface area contributed by atoms with Gasteiger partial charge in [-0.1, -0.05) is 30.3 Å². The van der Waals surface area contributed by atoms with Crippen LogP contribution in [0.5, 0.6) is 17.2 Å². The number of ether oxygens (including phenoxy) is 3. The number of carbonyl (C=O) groups is 1. The lowest BCUT2D eigenvalue weighted by Crippen LogP contribution is -2.46. The summed E-state index contributed by atoms with van der Waals surface area (Å²) in [5, 5.41) is 5.66. The summed E-state index contributed by atoms with van der Waals surface area (Å²) in [6.45, 7) is 1.26. The van der Waals surface area contributed by atoms with E-state index in [1.807, 2.05) is 48.5 Å². The Bertz CT molecular complexity index is 740. The van der Waals surface area contributed by atoms with E-state index >= 15 is 0 Å². The molecular formula is C19H20N2O4. The number of hydrogen-bond donors (Lipinski definition) is 2. The van der Waals surface area contributed by atoms with Crippen molar-refractivity contribution in [2.24, 2.45) is 0 Å². The van der Waals surface area contributed by atoms with Crippen LogP contribution in [0.25, 0.3) is 0 Å². The first kappa shape index (κ1) is 15.6. The van der Waals surface area contributed by atoms with Crippen LogP contribution in [-0.4, -0.2) is 37.9 Å². The topological polar surface area (TPSA) is 68.8 Å². The molecule has 0 aliphatic carbocycles. The molecule has 2 aliphatic heterocycles. The first-order valence-electron chi connectivity index (χ1n) is 8.42. The van der Waals surface area contributed by atoms with E-state index in [0.717, 1.165) is 17.9 Å². The highest BCUT2D eigenvalue weighted by molar-refractivity contribution is 5.73. The molecule has 6 heteroatoms. The minimum Gasteiger partial charge on any atom is -0.488 e. The Hall–Kier alpha value is -2.89. The molecule has 2 heterocycles. The quantitative estimate of drug-likeness (QED) is 0.895. The van der Waals surface area contributed by atoms with Gasteiger partial charge in [-0.05, 0) is 23.8 Å². The number of urea groups is 1. The summed E-state index contributed by atoms with van der Waals surface area (Å²) in [6, 6.07) is 15.2. The highest BCUT2D eigenvalue weighted by atomic mass is 16.6. The van der Waals surface area contributed by atoms with Gasteiger partial charge in [-0.15, -0.1) is 0 Å². The highest BCUT2D eigenvalue weighted by Gasteiger charge is 2.24. The summed E-state index contributed by atoms with van der Waals surface area (Å²) in [6.07, 6.45) is 0.587. The van der Waals surface area contributed by atoms with Crippen molar-refractivity contribution in [3.63, 3.8) is 0 Å². The zero-order valence-electron chi connectivity index (χ0n) is 13.7. The Morgan fingerprint density at radius 2 is 1.52 bits per heavy atom. The van der Waals surface area contributed by atoms with Gasteiger partial charge in [-0.2, -0.15) is 0 Å². The maximum Gasteiger partial charge on any atom is 0.315 e. The molecule has 2 amide bonds. The summed E-state index contributed by atoms with van der Waals surface area (Å²) in [7, 11) is 0. The Balaban J connectivity index is 1.19. The normalized spacial score (nSPS) is 20.3. The van der Waals surface area contributed by atoms with Crippen LogP contribution in [0.15, 0.2) is 48.5 Å². The third-order valence-electron chi connectivity index (χ3n) is 4.26. The number of carbonyl (C=O) groups excluding carboxylic acids is 1. The lowest BCUT2D eigenvalue weighted by molar-refractivity contribution is 0.0917. The monoisotopic (exact) mass is 340 g/mol. The van der Waals surface area contributed by atoms with E-state index < -0.39 is 0 Å². The van der Waals surface area contributed by atoms with E-state index in [-0.39, 0.29) is 18.2 Å². The van der Waals surface area contributed by atoms with Gasteiger partial charge in [0.05, 0.1) is 13.1 Å². The van der Waals surface area contributed by atoms with Gasteiger partial charge in [0.15, 0.2) is 17.6 Å². The Labute approximate surface area is 146 Å². The molecule has 2 unspecified atom stereocenters. The molecule has 0 saturated heterocycles. The first-order chi connectivity index (χ1) is 12.3. The van der Waals surface area contributed by atoms with Gasteiger partial charge >= 0.3 is 6.03 Å². The molecular weight excluding hydrogens is 320 g/mol. The van der Waals surface area contributed by atoms with Crippen LogP contribution in [0.2, 0.25) is 0 Å². The summed E-state index contributed by atoms with van der Waals surface area (Å²) in [4.78, 5) is 12.0. The molecule has 2 N–H and O–H groups in total. The van der Waals surface area contributed by atoms with Crippen LogP contribution in [0.1, 0.15) is 5.56 Å². The standard InChI is InChI=1S/C19H20N2O4/c22-19(20-10-14-9-13-5-1-2-6-16(13)24-14)21-11-15-12-23-17-7-3-4-8-18(17)25-15/h1-8,14-15H,9-12H2,(H2,20,21,22). The van der Waals surface area contributed by atoms with E-state index in [2.05, 4.69) is 10.6 Å². The van der Waals surface area contributed by atoms with Crippen LogP contribution in [0.3, 0.4) is 0 Å². The molecule has 0 bridgehead atoms. The molecule has 25 heavy (non-hydrogen) atoms. The largest absolute Gasteiger partial charge is 0.488 e. The maximum absolute atomic E-state index is 12.0. The predicted octanol–water partition coefficient (Wildman–Crippen LogP) is 2.13. The molecule has 0 fully saturated rings. The number of rotatable bonds is 4. The zero-order valence-corrected chi connectivity index (χ0v) is 13.7. The predicted molar refractivity (Wildman–Crippen MR) is 92.3 cm³/mol. The molecule has 130 valence electrons. The fraction of sp³-hybridized carbons (Fsp3) is 0.316. The SMILES string of the molecule is O=C(NCC1Cc2ccccc2O1)NCC1COc2ccccc2O1. The van der Waals surface area contributed by atoms with Crippen molar-refractivity contribution in [3.05, 3.63) is 54.1 Å². The second kappa shape index (κ2) is 6.93. The average molecular weight is 340 g/mol. The molecule has 2 aromatic carbocycles. The Morgan fingerprint density at radius 1 is 0.880 bits per heavy atom. The fourth-order valence-corrected chi connectivity index (χ4v) is 3.01. The molecule has 0 saturated carbocycles. The average Bonchev–Trinajstić information content (AvgIpc) is 3.07. The molecule has 2 aromatic rings. The maximum atomic E-state index is 12.0. The van der Waals surface area contributed by atoms with Gasteiger partial charge in [-0.3, -0.25) is 0 Å². The number of amides is 2. The number of para-hydroxylation sites is 3. The lowest BCUT2D eigenvalue weighted by atomic mass is 10.1. The van der Waals surface area contributed by atoms with Crippen LogP contribution >= 0.6 is 0 Å². The molecule has 6 nitrogen and oxygen atoms in total. The van der Waals surface area contributed by atoms with Crippen molar-refractivity contribution >= 4 is 6.03 Å². The summed E-state index contributed by atoms with van der Waals surface area (Å²) >= 11 is 0. The van der Waals surface area contributed by atoms with Gasteiger partial charge in [0, 0.05) is 6.42 Å². The van der Waals surface area contributed by atoms with Crippen molar-refractivity contribution in [1.82, 2.24) is 10.6 Å². The van der Waals surface area contributed by atoms with Crippen LogP contribution in [0.4, 0.5) is 4.79 Å².